The number of aromatic nitrogens is 2. The first-order valence-corrected chi connectivity index (χ1v) is 9.87. The van der Waals surface area contributed by atoms with Gasteiger partial charge in [0, 0.05) is 44.6 Å². The van der Waals surface area contributed by atoms with Crippen LogP contribution in [0.3, 0.4) is 0 Å². The van der Waals surface area contributed by atoms with Gasteiger partial charge in [-0.25, -0.2) is 9.97 Å². The van der Waals surface area contributed by atoms with E-state index in [0.717, 1.165) is 32.7 Å². The van der Waals surface area contributed by atoms with Crippen molar-refractivity contribution in [2.24, 2.45) is 0 Å². The van der Waals surface area contributed by atoms with Gasteiger partial charge >= 0.3 is 0 Å². The van der Waals surface area contributed by atoms with Crippen LogP contribution in [0, 0.1) is 11.3 Å². The number of amides is 1. The van der Waals surface area contributed by atoms with E-state index in [1.54, 1.807) is 36.5 Å². The predicted molar refractivity (Wildman–Crippen MR) is 115 cm³/mol. The summed E-state index contributed by atoms with van der Waals surface area (Å²) < 4.78 is 0. The van der Waals surface area contributed by atoms with Crippen LogP contribution in [0.15, 0.2) is 66.9 Å². The number of nitrogens with one attached hydrogen (secondary N) is 1. The van der Waals surface area contributed by atoms with Crippen molar-refractivity contribution in [1.29, 1.82) is 5.26 Å². The molecule has 1 aromatic heterocycles. The molecule has 150 valence electrons. The second-order valence-electron chi connectivity index (χ2n) is 7.14. The number of nitrogens with zero attached hydrogens (tertiary/aromatic N) is 5. The summed E-state index contributed by atoms with van der Waals surface area (Å²) in [5, 5.41) is 11.8. The van der Waals surface area contributed by atoms with Gasteiger partial charge in [0.05, 0.1) is 11.6 Å². The van der Waals surface area contributed by atoms with E-state index in [4.69, 9.17) is 5.26 Å². The lowest BCUT2D eigenvalue weighted by molar-refractivity contribution is 0.102. The maximum absolute atomic E-state index is 12.6. The van der Waals surface area contributed by atoms with Crippen molar-refractivity contribution in [1.82, 2.24) is 14.9 Å². The molecule has 1 aliphatic heterocycles. The summed E-state index contributed by atoms with van der Waals surface area (Å²) in [5.41, 5.74) is 2.66. The molecule has 0 bridgehead atoms. The zero-order valence-electron chi connectivity index (χ0n) is 16.5. The Bertz CT molecular complexity index is 1050. The maximum Gasteiger partial charge on any atom is 0.274 e. The molecule has 2 heterocycles. The summed E-state index contributed by atoms with van der Waals surface area (Å²) >= 11 is 0. The highest BCUT2D eigenvalue weighted by molar-refractivity contribution is 6.03. The molecule has 7 nitrogen and oxygen atoms in total. The molecule has 1 N–H and O–H groups in total. The molecular weight excluding hydrogens is 376 g/mol. The minimum Gasteiger partial charge on any atom is -0.338 e. The lowest BCUT2D eigenvalue weighted by Gasteiger charge is -2.34. The molecule has 1 aliphatic rings. The second-order valence-corrected chi connectivity index (χ2v) is 7.14. The van der Waals surface area contributed by atoms with E-state index in [2.05, 4.69) is 55.4 Å². The van der Waals surface area contributed by atoms with Gasteiger partial charge in [0.2, 0.25) is 5.95 Å². The number of rotatable bonds is 5. The molecule has 0 atom stereocenters. The average Bonchev–Trinajstić information content (AvgIpc) is 2.80. The summed E-state index contributed by atoms with van der Waals surface area (Å²) in [4.78, 5) is 25.9. The van der Waals surface area contributed by atoms with Gasteiger partial charge < -0.3 is 10.2 Å². The van der Waals surface area contributed by atoms with Crippen LogP contribution in [-0.2, 0) is 6.54 Å². The first-order valence-electron chi connectivity index (χ1n) is 9.87. The van der Waals surface area contributed by atoms with E-state index in [0.29, 0.717) is 22.9 Å². The summed E-state index contributed by atoms with van der Waals surface area (Å²) in [6, 6.07) is 20.9. The number of piperazine rings is 1. The Hall–Kier alpha value is -3.76. The Morgan fingerprint density at radius 2 is 1.83 bits per heavy atom. The van der Waals surface area contributed by atoms with Crippen LogP contribution >= 0.6 is 0 Å². The standard InChI is InChI=1S/C23H22N6O/c24-16-19-7-4-8-20(15-19)26-22(30)21-9-10-25-23(27-21)29-13-11-28(12-14-29)17-18-5-2-1-3-6-18/h1-10,15H,11-14,17H2,(H,26,30). The monoisotopic (exact) mass is 398 g/mol. The summed E-state index contributed by atoms with van der Waals surface area (Å²) in [7, 11) is 0. The zero-order chi connectivity index (χ0) is 20.8. The third-order valence-corrected chi connectivity index (χ3v) is 5.03. The van der Waals surface area contributed by atoms with Gasteiger partial charge in [0.15, 0.2) is 0 Å². The van der Waals surface area contributed by atoms with E-state index in [1.807, 2.05) is 6.07 Å². The molecule has 3 aromatic rings. The predicted octanol–water partition coefficient (Wildman–Crippen LogP) is 2.92. The Labute approximate surface area is 175 Å². The van der Waals surface area contributed by atoms with E-state index in [9.17, 15) is 4.79 Å². The molecule has 0 radical (unpaired) electrons. The second kappa shape index (κ2) is 9.16. The average molecular weight is 398 g/mol. The van der Waals surface area contributed by atoms with Crippen LogP contribution in [0.4, 0.5) is 11.6 Å². The lowest BCUT2D eigenvalue weighted by Crippen LogP contribution is -2.46. The highest BCUT2D eigenvalue weighted by Gasteiger charge is 2.20. The lowest BCUT2D eigenvalue weighted by atomic mass is 10.2. The van der Waals surface area contributed by atoms with Crippen LogP contribution in [-0.4, -0.2) is 47.0 Å². The minimum atomic E-state index is -0.323. The van der Waals surface area contributed by atoms with Crippen molar-refractivity contribution in [2.45, 2.75) is 6.54 Å². The Kier molecular flexibility index (Phi) is 5.97. The number of anilines is 2. The maximum atomic E-state index is 12.6. The molecule has 1 saturated heterocycles. The van der Waals surface area contributed by atoms with Crippen molar-refractivity contribution in [3.05, 3.63) is 83.7 Å². The highest BCUT2D eigenvalue weighted by atomic mass is 16.1. The molecule has 7 heteroatoms. The van der Waals surface area contributed by atoms with Gasteiger partial charge in [-0.15, -0.1) is 0 Å². The molecule has 0 unspecified atom stereocenters. The van der Waals surface area contributed by atoms with Crippen LogP contribution < -0.4 is 10.2 Å². The number of hydrogen-bond donors (Lipinski definition) is 1. The van der Waals surface area contributed by atoms with Crippen molar-refractivity contribution < 1.29 is 4.79 Å². The van der Waals surface area contributed by atoms with E-state index < -0.39 is 0 Å². The van der Waals surface area contributed by atoms with Gasteiger partial charge in [-0.2, -0.15) is 5.26 Å². The fourth-order valence-electron chi connectivity index (χ4n) is 3.44. The topological polar surface area (TPSA) is 85.1 Å². The fourth-order valence-corrected chi connectivity index (χ4v) is 3.44. The number of carbonyl (C=O) groups excluding carboxylic acids is 1. The summed E-state index contributed by atoms with van der Waals surface area (Å²) in [6.45, 7) is 4.37. The van der Waals surface area contributed by atoms with Crippen molar-refractivity contribution in [2.75, 3.05) is 36.4 Å². The van der Waals surface area contributed by atoms with Crippen LogP contribution in [0.2, 0.25) is 0 Å². The number of nitriles is 1. The Balaban J connectivity index is 1.37. The van der Waals surface area contributed by atoms with Gasteiger partial charge in [-0.05, 0) is 29.8 Å². The molecule has 30 heavy (non-hydrogen) atoms. The molecule has 1 amide bonds. The van der Waals surface area contributed by atoms with Crippen LogP contribution in [0.5, 0.6) is 0 Å². The Morgan fingerprint density at radius 3 is 2.60 bits per heavy atom. The minimum absolute atomic E-state index is 0.300. The molecule has 0 aliphatic carbocycles. The van der Waals surface area contributed by atoms with Gasteiger partial charge in [-0.1, -0.05) is 36.4 Å². The largest absolute Gasteiger partial charge is 0.338 e. The van der Waals surface area contributed by atoms with E-state index in [-0.39, 0.29) is 5.91 Å². The zero-order valence-corrected chi connectivity index (χ0v) is 16.5. The molecule has 4 rings (SSSR count). The smallest absolute Gasteiger partial charge is 0.274 e. The highest BCUT2D eigenvalue weighted by Crippen LogP contribution is 2.15. The molecule has 2 aromatic carbocycles. The third-order valence-electron chi connectivity index (χ3n) is 5.03. The van der Waals surface area contributed by atoms with Crippen molar-refractivity contribution in [3.8, 4) is 6.07 Å². The molecule has 0 saturated carbocycles. The fraction of sp³-hybridized carbons (Fsp3) is 0.217. The van der Waals surface area contributed by atoms with Crippen molar-refractivity contribution in [3.63, 3.8) is 0 Å². The van der Waals surface area contributed by atoms with Crippen LogP contribution in [0.1, 0.15) is 21.6 Å². The number of carbonyl (C=O) groups is 1. The van der Waals surface area contributed by atoms with Gasteiger partial charge in [0.1, 0.15) is 5.69 Å². The first kappa shape index (κ1) is 19.6. The van der Waals surface area contributed by atoms with Crippen molar-refractivity contribution >= 4 is 17.5 Å². The van der Waals surface area contributed by atoms with E-state index in [1.165, 1.54) is 5.56 Å². The van der Waals surface area contributed by atoms with Crippen LogP contribution in [0.25, 0.3) is 0 Å². The summed E-state index contributed by atoms with van der Waals surface area (Å²) in [5.74, 6) is 0.240. The molecular formula is C23H22N6O. The first-order chi connectivity index (χ1) is 14.7. The molecule has 1 fully saturated rings. The quantitative estimate of drug-likeness (QED) is 0.711. The number of benzene rings is 2. The van der Waals surface area contributed by atoms with Gasteiger partial charge in [-0.3, -0.25) is 9.69 Å². The Morgan fingerprint density at radius 1 is 1.03 bits per heavy atom. The number of hydrogen-bond acceptors (Lipinski definition) is 6. The normalized spacial score (nSPS) is 14.2. The van der Waals surface area contributed by atoms with E-state index >= 15 is 0 Å². The third kappa shape index (κ3) is 4.80. The van der Waals surface area contributed by atoms with Gasteiger partial charge in [0.25, 0.3) is 5.91 Å². The molecule has 0 spiro atoms. The summed E-state index contributed by atoms with van der Waals surface area (Å²) in [6.07, 6.45) is 1.61. The SMILES string of the molecule is N#Cc1cccc(NC(=O)c2ccnc(N3CCN(Cc4ccccc4)CC3)n2)c1.